The predicted octanol–water partition coefficient (Wildman–Crippen LogP) is 2.30. The van der Waals surface area contributed by atoms with Gasteiger partial charge in [0.1, 0.15) is 18.5 Å². The molecule has 1 radical (unpaired) electrons. The Labute approximate surface area is 83.3 Å². The van der Waals surface area contributed by atoms with Gasteiger partial charge in [-0.15, -0.1) is 0 Å². The van der Waals surface area contributed by atoms with Gasteiger partial charge in [-0.2, -0.15) is 0 Å². The van der Waals surface area contributed by atoms with Crippen LogP contribution < -0.4 is 4.74 Å². The molecule has 0 bridgehead atoms. The van der Waals surface area contributed by atoms with E-state index in [4.69, 9.17) is 9.47 Å². The molecule has 1 unspecified atom stereocenters. The van der Waals surface area contributed by atoms with Gasteiger partial charge in [0.05, 0.1) is 0 Å². The van der Waals surface area contributed by atoms with E-state index in [9.17, 15) is 5.11 Å². The minimum Gasteiger partial charge on any atom is -0.463 e. The van der Waals surface area contributed by atoms with Gasteiger partial charge in [-0.3, -0.25) is 0 Å². The van der Waals surface area contributed by atoms with Crippen LogP contribution in [0.3, 0.4) is 0 Å². The van der Waals surface area contributed by atoms with E-state index in [-0.39, 0.29) is 6.61 Å². The fourth-order valence-electron chi connectivity index (χ4n) is 1.66. The van der Waals surface area contributed by atoms with Crippen LogP contribution in [0.25, 0.3) is 0 Å². The van der Waals surface area contributed by atoms with E-state index in [1.807, 2.05) is 38.1 Å². The summed E-state index contributed by atoms with van der Waals surface area (Å²) in [6.45, 7) is 3.35. The largest absolute Gasteiger partial charge is 0.463 e. The Morgan fingerprint density at radius 3 is 2.79 bits per heavy atom. The van der Waals surface area contributed by atoms with Crippen molar-refractivity contribution in [3.05, 3.63) is 29.8 Å². The predicted molar refractivity (Wildman–Crippen MR) is 50.5 cm³/mol. The van der Waals surface area contributed by atoms with E-state index in [1.54, 1.807) is 0 Å². The van der Waals surface area contributed by atoms with Crippen LogP contribution in [-0.2, 0) is 9.84 Å². The molecule has 2 rings (SSSR count). The lowest BCUT2D eigenvalue weighted by atomic mass is 10.1. The van der Waals surface area contributed by atoms with Crippen molar-refractivity contribution < 1.29 is 14.6 Å². The lowest BCUT2D eigenvalue weighted by Crippen LogP contribution is -2.38. The van der Waals surface area contributed by atoms with Crippen molar-refractivity contribution in [2.75, 3.05) is 6.61 Å². The molecule has 3 heteroatoms. The molecule has 75 valence electrons. The molecule has 3 nitrogen and oxygen atoms in total. The van der Waals surface area contributed by atoms with Gasteiger partial charge in [-0.25, -0.2) is 5.11 Å². The molecule has 0 aromatic heterocycles. The summed E-state index contributed by atoms with van der Waals surface area (Å²) < 4.78 is 11.1. The van der Waals surface area contributed by atoms with E-state index in [2.05, 4.69) is 0 Å². The van der Waals surface area contributed by atoms with Crippen molar-refractivity contribution >= 4 is 0 Å². The number of fused-ring (bicyclic) bond motifs is 1. The Hall–Kier alpha value is -1.06. The maximum atomic E-state index is 11.0. The van der Waals surface area contributed by atoms with Crippen LogP contribution in [0.15, 0.2) is 24.3 Å². The molecule has 0 N–H and O–H groups in total. The summed E-state index contributed by atoms with van der Waals surface area (Å²) in [6, 6.07) is 7.50. The quantitative estimate of drug-likeness (QED) is 0.686. The standard InChI is InChI=1S/C11H13O3/c1-11(2)13-9-6-4-3-5-8(9)10(7-12)14-11/h3-6,10H,7H2,1-2H3. The highest BCUT2D eigenvalue weighted by Crippen LogP contribution is 2.37. The average Bonchev–Trinajstić information content (AvgIpc) is 2.15. The van der Waals surface area contributed by atoms with Gasteiger partial charge in [0.25, 0.3) is 0 Å². The van der Waals surface area contributed by atoms with Gasteiger partial charge in [0.15, 0.2) is 0 Å². The molecule has 14 heavy (non-hydrogen) atoms. The molecule has 1 aliphatic rings. The zero-order chi connectivity index (χ0) is 10.2. The van der Waals surface area contributed by atoms with Crippen LogP contribution in [0.5, 0.6) is 5.75 Å². The first-order valence-corrected chi connectivity index (χ1v) is 4.66. The Kier molecular flexibility index (Phi) is 2.21. The number of benzene rings is 1. The first-order chi connectivity index (χ1) is 6.62. The second kappa shape index (κ2) is 3.26. The minimum absolute atomic E-state index is 0.274. The number of para-hydroxylation sites is 1. The summed E-state index contributed by atoms with van der Waals surface area (Å²) in [6.07, 6.45) is -0.394. The molecule has 0 saturated heterocycles. The van der Waals surface area contributed by atoms with Crippen molar-refractivity contribution in [2.45, 2.75) is 25.7 Å². The van der Waals surface area contributed by atoms with E-state index < -0.39 is 11.9 Å². The van der Waals surface area contributed by atoms with E-state index in [0.29, 0.717) is 0 Å². The Bertz CT molecular complexity index is 333. The third kappa shape index (κ3) is 1.61. The van der Waals surface area contributed by atoms with Crippen molar-refractivity contribution in [1.82, 2.24) is 0 Å². The Morgan fingerprint density at radius 1 is 1.36 bits per heavy atom. The zero-order valence-electron chi connectivity index (χ0n) is 8.32. The van der Waals surface area contributed by atoms with E-state index in [1.165, 1.54) is 0 Å². The molecule has 0 aliphatic carbocycles. The first kappa shape index (κ1) is 9.49. The van der Waals surface area contributed by atoms with Crippen molar-refractivity contribution in [3.63, 3.8) is 0 Å². The van der Waals surface area contributed by atoms with Gasteiger partial charge in [0.2, 0.25) is 5.79 Å². The lowest BCUT2D eigenvalue weighted by molar-refractivity contribution is -0.218. The molecule has 0 fully saturated rings. The fourth-order valence-corrected chi connectivity index (χ4v) is 1.66. The number of ether oxygens (including phenoxy) is 2. The maximum Gasteiger partial charge on any atom is 0.205 e. The van der Waals surface area contributed by atoms with Gasteiger partial charge in [0, 0.05) is 19.4 Å². The second-order valence-corrected chi connectivity index (χ2v) is 3.81. The number of hydrogen-bond acceptors (Lipinski definition) is 2. The zero-order valence-corrected chi connectivity index (χ0v) is 8.32. The molecule has 0 spiro atoms. The molecular weight excluding hydrogens is 180 g/mol. The van der Waals surface area contributed by atoms with Gasteiger partial charge in [-0.05, 0) is 6.07 Å². The molecule has 1 aliphatic heterocycles. The third-order valence-corrected chi connectivity index (χ3v) is 2.20. The van der Waals surface area contributed by atoms with Gasteiger partial charge in [-0.1, -0.05) is 18.2 Å². The molecule has 0 saturated carbocycles. The van der Waals surface area contributed by atoms with Gasteiger partial charge < -0.3 is 9.47 Å². The maximum absolute atomic E-state index is 11.0. The summed E-state index contributed by atoms with van der Waals surface area (Å²) in [5.41, 5.74) is 0.849. The van der Waals surface area contributed by atoms with Crippen LogP contribution in [0.1, 0.15) is 25.5 Å². The van der Waals surface area contributed by atoms with Crippen LogP contribution in [0.4, 0.5) is 0 Å². The van der Waals surface area contributed by atoms with Crippen LogP contribution in [0, 0.1) is 0 Å². The third-order valence-electron chi connectivity index (χ3n) is 2.20. The molecule has 1 aromatic rings. The van der Waals surface area contributed by atoms with Crippen molar-refractivity contribution in [1.29, 1.82) is 0 Å². The van der Waals surface area contributed by atoms with Crippen molar-refractivity contribution in [2.24, 2.45) is 0 Å². The Morgan fingerprint density at radius 2 is 2.07 bits per heavy atom. The van der Waals surface area contributed by atoms with Gasteiger partial charge >= 0.3 is 0 Å². The highest BCUT2D eigenvalue weighted by Gasteiger charge is 2.33. The van der Waals surface area contributed by atoms with Crippen LogP contribution in [-0.4, -0.2) is 12.4 Å². The normalized spacial score (nSPS) is 23.8. The lowest BCUT2D eigenvalue weighted by Gasteiger charge is -2.36. The summed E-state index contributed by atoms with van der Waals surface area (Å²) in [7, 11) is 0. The molecule has 0 amide bonds. The SMILES string of the molecule is CC1(C)Oc2ccccc2C(C[O])O1. The second-order valence-electron chi connectivity index (χ2n) is 3.81. The minimum atomic E-state index is -0.705. The number of rotatable bonds is 1. The molecule has 1 aromatic carbocycles. The van der Waals surface area contributed by atoms with Crippen molar-refractivity contribution in [3.8, 4) is 5.75 Å². The average molecular weight is 193 g/mol. The smallest absolute Gasteiger partial charge is 0.205 e. The Balaban J connectivity index is 2.41. The highest BCUT2D eigenvalue weighted by atomic mass is 16.7. The monoisotopic (exact) mass is 193 g/mol. The summed E-state index contributed by atoms with van der Waals surface area (Å²) in [4.78, 5) is 0. The topological polar surface area (TPSA) is 38.4 Å². The summed E-state index contributed by atoms with van der Waals surface area (Å²) >= 11 is 0. The van der Waals surface area contributed by atoms with Crippen LogP contribution in [0.2, 0.25) is 0 Å². The first-order valence-electron chi connectivity index (χ1n) is 4.66. The van der Waals surface area contributed by atoms with E-state index >= 15 is 0 Å². The fraction of sp³-hybridized carbons (Fsp3) is 0.455. The van der Waals surface area contributed by atoms with Crippen LogP contribution >= 0.6 is 0 Å². The summed E-state index contributed by atoms with van der Waals surface area (Å²) in [5.74, 6) is 0.0493. The molecule has 1 atom stereocenters. The molecule has 1 heterocycles. The summed E-state index contributed by atoms with van der Waals surface area (Å²) in [5, 5.41) is 11.0. The molecular formula is C11H13O3. The van der Waals surface area contributed by atoms with E-state index in [0.717, 1.165) is 11.3 Å². The highest BCUT2D eigenvalue weighted by molar-refractivity contribution is 5.36. The number of hydrogen-bond donors (Lipinski definition) is 0.